The highest BCUT2D eigenvalue weighted by Gasteiger charge is 2.26. The number of amides is 1. The molecule has 0 aliphatic rings. The van der Waals surface area contributed by atoms with Crippen molar-refractivity contribution in [3.05, 3.63) is 143 Å². The molecule has 1 atom stereocenters. The third-order valence-electron chi connectivity index (χ3n) is 7.89. The summed E-state index contributed by atoms with van der Waals surface area (Å²) in [6.07, 6.45) is 3.48. The Labute approximate surface area is 284 Å². The predicted molar refractivity (Wildman–Crippen MR) is 187 cm³/mol. The van der Waals surface area contributed by atoms with Crippen LogP contribution in [0.4, 0.5) is 5.69 Å². The van der Waals surface area contributed by atoms with Crippen LogP contribution in [-0.2, 0) is 47.3 Å². The SMILES string of the molecule is Cc1cc(C)c(S(=O)N(C)CC(=O)N(Cc2nccn2C)c2ccc(C(=O)OCc3ccccc3)c(OCc3ccccc3)c2)c(C)c1. The molecule has 0 N–H and O–H groups in total. The quantitative estimate of drug-likeness (QED) is 0.134. The normalized spacial score (nSPS) is 11.7. The molecule has 1 unspecified atom stereocenters. The molecule has 10 heteroatoms. The Morgan fingerprint density at radius 2 is 1.48 bits per heavy atom. The van der Waals surface area contributed by atoms with Gasteiger partial charge in [0.05, 0.1) is 18.0 Å². The Morgan fingerprint density at radius 3 is 2.08 bits per heavy atom. The number of nitrogens with zero attached hydrogens (tertiary/aromatic N) is 4. The summed E-state index contributed by atoms with van der Waals surface area (Å²) in [4.78, 5) is 34.2. The summed E-state index contributed by atoms with van der Waals surface area (Å²) in [6.45, 7) is 6.17. The van der Waals surface area contributed by atoms with Crippen LogP contribution in [0.25, 0.3) is 0 Å². The van der Waals surface area contributed by atoms with Crippen LogP contribution in [0, 0.1) is 20.8 Å². The average Bonchev–Trinajstić information content (AvgIpc) is 3.49. The van der Waals surface area contributed by atoms with E-state index in [-0.39, 0.29) is 43.5 Å². The minimum Gasteiger partial charge on any atom is -0.488 e. The van der Waals surface area contributed by atoms with E-state index in [1.165, 1.54) is 0 Å². The summed E-state index contributed by atoms with van der Waals surface area (Å²) in [6, 6.07) is 28.0. The van der Waals surface area contributed by atoms with Crippen molar-refractivity contribution in [3.63, 3.8) is 0 Å². The van der Waals surface area contributed by atoms with Crippen LogP contribution in [0.15, 0.2) is 108 Å². The number of hydrogen-bond acceptors (Lipinski definition) is 6. The largest absolute Gasteiger partial charge is 0.488 e. The molecule has 0 saturated carbocycles. The lowest BCUT2D eigenvalue weighted by Crippen LogP contribution is -2.40. The molecule has 9 nitrogen and oxygen atoms in total. The summed E-state index contributed by atoms with van der Waals surface area (Å²) >= 11 is 0. The number of imidazole rings is 1. The Balaban J connectivity index is 1.45. The second-order valence-corrected chi connectivity index (χ2v) is 13.2. The average molecular weight is 665 g/mol. The fourth-order valence-electron chi connectivity index (χ4n) is 5.45. The molecule has 0 aliphatic carbocycles. The van der Waals surface area contributed by atoms with E-state index in [1.807, 2.05) is 111 Å². The number of benzene rings is 4. The second kappa shape index (κ2) is 15.7. The number of aromatic nitrogens is 2. The summed E-state index contributed by atoms with van der Waals surface area (Å²) in [5.74, 6) is 0.0735. The summed E-state index contributed by atoms with van der Waals surface area (Å²) in [5.41, 5.74) is 5.40. The molecule has 0 bridgehead atoms. The molecule has 0 aliphatic heterocycles. The molecule has 248 valence electrons. The van der Waals surface area contributed by atoms with Crippen LogP contribution >= 0.6 is 0 Å². The first-order valence-corrected chi connectivity index (χ1v) is 16.7. The van der Waals surface area contributed by atoms with Crippen molar-refractivity contribution in [2.75, 3.05) is 18.5 Å². The number of carbonyl (C=O) groups excluding carboxylic acids is 2. The van der Waals surface area contributed by atoms with Gasteiger partial charge in [0, 0.05) is 38.2 Å². The van der Waals surface area contributed by atoms with E-state index in [4.69, 9.17) is 9.47 Å². The molecule has 1 amide bonds. The van der Waals surface area contributed by atoms with E-state index in [0.29, 0.717) is 16.4 Å². The highest BCUT2D eigenvalue weighted by molar-refractivity contribution is 7.82. The summed E-state index contributed by atoms with van der Waals surface area (Å²) in [7, 11) is 1.96. The second-order valence-electron chi connectivity index (χ2n) is 11.7. The van der Waals surface area contributed by atoms with Crippen LogP contribution in [0.3, 0.4) is 0 Å². The summed E-state index contributed by atoms with van der Waals surface area (Å²) < 4.78 is 28.9. The van der Waals surface area contributed by atoms with Gasteiger partial charge in [0.2, 0.25) is 5.91 Å². The van der Waals surface area contributed by atoms with Crippen molar-refractivity contribution < 1.29 is 23.3 Å². The molecule has 0 fully saturated rings. The number of anilines is 1. The minimum absolute atomic E-state index is 0.104. The maximum atomic E-state index is 14.1. The van der Waals surface area contributed by atoms with Crippen molar-refractivity contribution in [2.45, 2.75) is 45.4 Å². The fourth-order valence-corrected chi connectivity index (χ4v) is 6.66. The molecule has 4 aromatic carbocycles. The van der Waals surface area contributed by atoms with E-state index in [1.54, 1.807) is 40.6 Å². The van der Waals surface area contributed by atoms with E-state index in [9.17, 15) is 13.8 Å². The van der Waals surface area contributed by atoms with Gasteiger partial charge in [-0.3, -0.25) is 4.79 Å². The molecular weight excluding hydrogens is 625 g/mol. The summed E-state index contributed by atoms with van der Waals surface area (Å²) in [5, 5.41) is 0. The number of rotatable bonds is 13. The predicted octanol–water partition coefficient (Wildman–Crippen LogP) is 6.47. The van der Waals surface area contributed by atoms with Gasteiger partial charge in [-0.05, 0) is 55.2 Å². The zero-order valence-electron chi connectivity index (χ0n) is 27.9. The third-order valence-corrected chi connectivity index (χ3v) is 9.58. The number of ether oxygens (including phenoxy) is 2. The molecule has 0 saturated heterocycles. The third kappa shape index (κ3) is 8.44. The monoisotopic (exact) mass is 664 g/mol. The smallest absolute Gasteiger partial charge is 0.342 e. The Kier molecular flexibility index (Phi) is 11.2. The van der Waals surface area contributed by atoms with Crippen molar-refractivity contribution in [1.29, 1.82) is 0 Å². The number of aryl methyl sites for hydroxylation is 4. The maximum absolute atomic E-state index is 14.1. The lowest BCUT2D eigenvalue weighted by Gasteiger charge is -2.26. The molecule has 0 radical (unpaired) electrons. The first kappa shape index (κ1) is 34.3. The number of likely N-dealkylation sites (N-methyl/N-ethyl adjacent to an activating group) is 1. The first-order chi connectivity index (χ1) is 23.1. The van der Waals surface area contributed by atoms with E-state index in [0.717, 1.165) is 27.8 Å². The molecule has 1 aromatic heterocycles. The maximum Gasteiger partial charge on any atom is 0.342 e. The standard InChI is InChI=1S/C38H40N4O5S/c1-27-20-28(2)37(29(3)21-27)48(45)41(5)24-36(43)42(23-35-39-18-19-40(35)4)32-16-17-33(38(44)47-26-31-14-10-7-11-15-31)34(22-32)46-25-30-12-8-6-9-13-30/h6-22H,23-26H2,1-5H3. The molecule has 1 heterocycles. The Hall–Kier alpha value is -5.06. The highest BCUT2D eigenvalue weighted by atomic mass is 32.2. The van der Waals surface area contributed by atoms with Gasteiger partial charge in [0.15, 0.2) is 0 Å². The van der Waals surface area contributed by atoms with Crippen molar-refractivity contribution in [3.8, 4) is 5.75 Å². The first-order valence-electron chi connectivity index (χ1n) is 15.6. The molecule has 0 spiro atoms. The topological polar surface area (TPSA) is 94.0 Å². The molecular formula is C38H40N4O5S. The van der Waals surface area contributed by atoms with E-state index in [2.05, 4.69) is 4.98 Å². The number of hydrogen-bond donors (Lipinski definition) is 0. The van der Waals surface area contributed by atoms with Gasteiger partial charge in [-0.1, -0.05) is 78.4 Å². The van der Waals surface area contributed by atoms with E-state index < -0.39 is 17.0 Å². The van der Waals surface area contributed by atoms with Gasteiger partial charge < -0.3 is 18.9 Å². The highest BCUT2D eigenvalue weighted by Crippen LogP contribution is 2.30. The zero-order chi connectivity index (χ0) is 34.2. The van der Waals surface area contributed by atoms with Crippen molar-refractivity contribution >= 4 is 28.5 Å². The van der Waals surface area contributed by atoms with Gasteiger partial charge in [0.1, 0.15) is 41.3 Å². The van der Waals surface area contributed by atoms with Crippen molar-refractivity contribution in [1.82, 2.24) is 13.9 Å². The van der Waals surface area contributed by atoms with Crippen LogP contribution in [0.5, 0.6) is 5.75 Å². The lowest BCUT2D eigenvalue weighted by atomic mass is 10.1. The van der Waals surface area contributed by atoms with E-state index >= 15 is 0 Å². The Morgan fingerprint density at radius 1 is 0.854 bits per heavy atom. The van der Waals surface area contributed by atoms with Gasteiger partial charge in [-0.15, -0.1) is 0 Å². The molecule has 48 heavy (non-hydrogen) atoms. The van der Waals surface area contributed by atoms with Crippen LogP contribution in [0.2, 0.25) is 0 Å². The Bertz CT molecular complexity index is 1890. The lowest BCUT2D eigenvalue weighted by molar-refractivity contribution is -0.118. The van der Waals surface area contributed by atoms with Gasteiger partial charge >= 0.3 is 5.97 Å². The number of carbonyl (C=O) groups is 2. The van der Waals surface area contributed by atoms with Crippen molar-refractivity contribution in [2.24, 2.45) is 7.05 Å². The van der Waals surface area contributed by atoms with Crippen LogP contribution in [0.1, 0.15) is 44.0 Å². The molecule has 5 aromatic rings. The van der Waals surface area contributed by atoms with Crippen LogP contribution in [-0.4, -0.2) is 43.5 Å². The van der Waals surface area contributed by atoms with Gasteiger partial charge in [-0.25, -0.2) is 18.3 Å². The van der Waals surface area contributed by atoms with Gasteiger partial charge in [-0.2, -0.15) is 0 Å². The van der Waals surface area contributed by atoms with Gasteiger partial charge in [0.25, 0.3) is 0 Å². The molecule has 5 rings (SSSR count). The fraction of sp³-hybridized carbons (Fsp3) is 0.237. The van der Waals surface area contributed by atoms with Crippen LogP contribution < -0.4 is 9.64 Å². The zero-order valence-corrected chi connectivity index (χ0v) is 28.7. The minimum atomic E-state index is -1.57. The number of esters is 1.